The summed E-state index contributed by atoms with van der Waals surface area (Å²) in [5.41, 5.74) is 0.645. The Labute approximate surface area is 167 Å². The number of nitrogens with zero attached hydrogens (tertiary/aromatic N) is 2. The van der Waals surface area contributed by atoms with E-state index in [1.165, 1.54) is 0 Å². The number of para-hydroxylation sites is 1. The van der Waals surface area contributed by atoms with Gasteiger partial charge in [-0.05, 0) is 45.2 Å². The van der Waals surface area contributed by atoms with Crippen LogP contribution in [0.2, 0.25) is 0 Å². The molecule has 1 atom stereocenters. The SMILES string of the molecule is CCC(C)(C)NC(=O)C1CCN(C(=O)C2CC(=O)N(c3ccccc3)C2)CC1. The van der Waals surface area contributed by atoms with Gasteiger partial charge in [0, 0.05) is 43.2 Å². The third-order valence-electron chi connectivity index (χ3n) is 6.07. The zero-order valence-corrected chi connectivity index (χ0v) is 17.1. The molecule has 1 aromatic rings. The summed E-state index contributed by atoms with van der Waals surface area (Å²) in [6.07, 6.45) is 2.50. The molecular formula is C22H31N3O3. The van der Waals surface area contributed by atoms with Gasteiger partial charge in [-0.2, -0.15) is 0 Å². The van der Waals surface area contributed by atoms with Gasteiger partial charge in [-0.1, -0.05) is 25.1 Å². The third-order valence-corrected chi connectivity index (χ3v) is 6.07. The number of hydrogen-bond acceptors (Lipinski definition) is 3. The van der Waals surface area contributed by atoms with Gasteiger partial charge in [0.1, 0.15) is 0 Å². The second kappa shape index (κ2) is 8.33. The van der Waals surface area contributed by atoms with Crippen molar-refractivity contribution < 1.29 is 14.4 Å². The van der Waals surface area contributed by atoms with Crippen LogP contribution in [0.15, 0.2) is 30.3 Å². The molecule has 2 aliphatic rings. The molecule has 6 heteroatoms. The lowest BCUT2D eigenvalue weighted by molar-refractivity contribution is -0.139. The Morgan fingerprint density at radius 3 is 2.36 bits per heavy atom. The van der Waals surface area contributed by atoms with Gasteiger partial charge < -0.3 is 15.1 Å². The fourth-order valence-corrected chi connectivity index (χ4v) is 3.87. The maximum absolute atomic E-state index is 12.9. The lowest BCUT2D eigenvalue weighted by Gasteiger charge is -2.34. The van der Waals surface area contributed by atoms with Crippen molar-refractivity contribution >= 4 is 23.4 Å². The number of likely N-dealkylation sites (tertiary alicyclic amines) is 1. The summed E-state index contributed by atoms with van der Waals surface area (Å²) in [4.78, 5) is 41.3. The number of piperidine rings is 1. The van der Waals surface area contributed by atoms with Crippen molar-refractivity contribution in [1.29, 1.82) is 0 Å². The molecule has 0 bridgehead atoms. The van der Waals surface area contributed by atoms with Gasteiger partial charge in [-0.15, -0.1) is 0 Å². The number of carbonyl (C=O) groups excluding carboxylic acids is 3. The second-order valence-electron chi connectivity index (χ2n) is 8.57. The summed E-state index contributed by atoms with van der Waals surface area (Å²) in [6.45, 7) is 7.72. The molecule has 0 aliphatic carbocycles. The molecule has 3 amide bonds. The van der Waals surface area contributed by atoms with Crippen molar-refractivity contribution in [2.24, 2.45) is 11.8 Å². The molecule has 152 valence electrons. The van der Waals surface area contributed by atoms with E-state index in [1.807, 2.05) is 49.1 Å². The van der Waals surface area contributed by atoms with Crippen LogP contribution in [0.1, 0.15) is 46.5 Å². The maximum Gasteiger partial charge on any atom is 0.228 e. The molecule has 0 radical (unpaired) electrons. The lowest BCUT2D eigenvalue weighted by atomic mass is 9.92. The number of hydrogen-bond donors (Lipinski definition) is 1. The van der Waals surface area contributed by atoms with Crippen LogP contribution in [0.25, 0.3) is 0 Å². The first-order chi connectivity index (χ1) is 13.3. The van der Waals surface area contributed by atoms with Crippen molar-refractivity contribution in [2.75, 3.05) is 24.5 Å². The van der Waals surface area contributed by atoms with Gasteiger partial charge in [0.05, 0.1) is 5.92 Å². The Bertz CT molecular complexity index is 724. The molecule has 2 saturated heterocycles. The van der Waals surface area contributed by atoms with Crippen LogP contribution in [0.5, 0.6) is 0 Å². The molecule has 0 saturated carbocycles. The minimum absolute atomic E-state index is 0.000566. The number of nitrogens with one attached hydrogen (secondary N) is 1. The fourth-order valence-electron chi connectivity index (χ4n) is 3.87. The molecule has 2 fully saturated rings. The number of carbonyl (C=O) groups is 3. The monoisotopic (exact) mass is 385 g/mol. The standard InChI is InChI=1S/C22H31N3O3/c1-4-22(2,3)23-20(27)16-10-12-24(13-11-16)21(28)17-14-19(26)25(15-17)18-8-6-5-7-9-18/h5-9,16-17H,4,10-15H2,1-3H3,(H,23,27). The zero-order chi connectivity index (χ0) is 20.3. The molecule has 2 aliphatic heterocycles. The second-order valence-corrected chi connectivity index (χ2v) is 8.57. The highest BCUT2D eigenvalue weighted by molar-refractivity contribution is 6.00. The van der Waals surface area contributed by atoms with E-state index in [9.17, 15) is 14.4 Å². The van der Waals surface area contributed by atoms with Crippen LogP contribution in [0, 0.1) is 11.8 Å². The molecule has 28 heavy (non-hydrogen) atoms. The Kier molecular flexibility index (Phi) is 6.06. The molecule has 1 aromatic carbocycles. The molecule has 0 aromatic heterocycles. The van der Waals surface area contributed by atoms with Gasteiger partial charge >= 0.3 is 0 Å². The topological polar surface area (TPSA) is 69.7 Å². The van der Waals surface area contributed by atoms with Crippen molar-refractivity contribution in [1.82, 2.24) is 10.2 Å². The highest BCUT2D eigenvalue weighted by Gasteiger charge is 2.38. The van der Waals surface area contributed by atoms with Crippen LogP contribution in [-0.2, 0) is 14.4 Å². The number of amides is 3. The number of rotatable bonds is 5. The minimum atomic E-state index is -0.294. The van der Waals surface area contributed by atoms with Gasteiger partial charge in [0.2, 0.25) is 17.7 Å². The smallest absolute Gasteiger partial charge is 0.228 e. The maximum atomic E-state index is 12.9. The normalized spacial score (nSPS) is 21.1. The average Bonchev–Trinajstić information content (AvgIpc) is 3.09. The van der Waals surface area contributed by atoms with Crippen LogP contribution >= 0.6 is 0 Å². The Hall–Kier alpha value is -2.37. The van der Waals surface area contributed by atoms with Crippen molar-refractivity contribution in [3.05, 3.63) is 30.3 Å². The van der Waals surface area contributed by atoms with Gasteiger partial charge in [0.15, 0.2) is 0 Å². The van der Waals surface area contributed by atoms with Crippen LogP contribution in [-0.4, -0.2) is 47.8 Å². The summed E-state index contributed by atoms with van der Waals surface area (Å²) in [7, 11) is 0. The largest absolute Gasteiger partial charge is 0.351 e. The van der Waals surface area contributed by atoms with Crippen molar-refractivity contribution in [3.8, 4) is 0 Å². The van der Waals surface area contributed by atoms with Crippen LogP contribution in [0.3, 0.4) is 0 Å². The van der Waals surface area contributed by atoms with Crippen LogP contribution < -0.4 is 10.2 Å². The summed E-state index contributed by atoms with van der Waals surface area (Å²) in [5.74, 6) is -0.205. The summed E-state index contributed by atoms with van der Waals surface area (Å²) < 4.78 is 0. The highest BCUT2D eigenvalue weighted by atomic mass is 16.2. The highest BCUT2D eigenvalue weighted by Crippen LogP contribution is 2.28. The first-order valence-electron chi connectivity index (χ1n) is 10.3. The Morgan fingerprint density at radius 2 is 1.75 bits per heavy atom. The predicted octanol–water partition coefficient (Wildman–Crippen LogP) is 2.58. The number of anilines is 1. The third kappa shape index (κ3) is 4.54. The summed E-state index contributed by atoms with van der Waals surface area (Å²) in [5, 5.41) is 3.11. The van der Waals surface area contributed by atoms with E-state index in [0.29, 0.717) is 32.5 Å². The molecule has 0 spiro atoms. The first kappa shape index (κ1) is 20.4. The summed E-state index contributed by atoms with van der Waals surface area (Å²) >= 11 is 0. The minimum Gasteiger partial charge on any atom is -0.351 e. The zero-order valence-electron chi connectivity index (χ0n) is 17.1. The van der Waals surface area contributed by atoms with E-state index in [4.69, 9.17) is 0 Å². The van der Waals surface area contributed by atoms with E-state index >= 15 is 0 Å². The number of benzene rings is 1. The van der Waals surface area contributed by atoms with Gasteiger partial charge in [0.25, 0.3) is 0 Å². The lowest BCUT2D eigenvalue weighted by Crippen LogP contribution is -2.49. The Balaban J connectivity index is 1.53. The molecular weight excluding hydrogens is 354 g/mol. The van der Waals surface area contributed by atoms with E-state index in [1.54, 1.807) is 4.90 Å². The van der Waals surface area contributed by atoms with Crippen molar-refractivity contribution in [3.63, 3.8) is 0 Å². The van der Waals surface area contributed by atoms with E-state index in [0.717, 1.165) is 12.1 Å². The molecule has 2 heterocycles. The predicted molar refractivity (Wildman–Crippen MR) is 109 cm³/mol. The fraction of sp³-hybridized carbons (Fsp3) is 0.591. The van der Waals surface area contributed by atoms with E-state index in [-0.39, 0.29) is 41.5 Å². The first-order valence-corrected chi connectivity index (χ1v) is 10.3. The van der Waals surface area contributed by atoms with Gasteiger partial charge in [-0.25, -0.2) is 0 Å². The van der Waals surface area contributed by atoms with Gasteiger partial charge in [-0.3, -0.25) is 14.4 Å². The molecule has 6 nitrogen and oxygen atoms in total. The molecule has 1 unspecified atom stereocenters. The quantitative estimate of drug-likeness (QED) is 0.847. The molecule has 3 rings (SSSR count). The molecule has 1 N–H and O–H groups in total. The average molecular weight is 386 g/mol. The van der Waals surface area contributed by atoms with Crippen LogP contribution in [0.4, 0.5) is 5.69 Å². The summed E-state index contributed by atoms with van der Waals surface area (Å²) in [6, 6.07) is 9.49. The van der Waals surface area contributed by atoms with E-state index in [2.05, 4.69) is 12.2 Å². The Morgan fingerprint density at radius 1 is 1.11 bits per heavy atom. The van der Waals surface area contributed by atoms with E-state index < -0.39 is 0 Å². The van der Waals surface area contributed by atoms with Crippen molar-refractivity contribution in [2.45, 2.75) is 52.0 Å².